The van der Waals surface area contributed by atoms with E-state index in [0.717, 1.165) is 38.5 Å². The van der Waals surface area contributed by atoms with Crippen molar-refractivity contribution >= 4 is 17.9 Å². The summed E-state index contributed by atoms with van der Waals surface area (Å²) in [5.41, 5.74) is 0. The van der Waals surface area contributed by atoms with Crippen molar-refractivity contribution in [3.05, 3.63) is 12.2 Å². The zero-order chi connectivity index (χ0) is 24.6. The van der Waals surface area contributed by atoms with E-state index < -0.39 is 40.5 Å². The zero-order valence-electron chi connectivity index (χ0n) is 20.6. The Bertz CT molecular complexity index is 534. The van der Waals surface area contributed by atoms with Gasteiger partial charge in [-0.3, -0.25) is 4.48 Å². The summed E-state index contributed by atoms with van der Waals surface area (Å²) < 4.78 is -0.409. The van der Waals surface area contributed by atoms with Crippen LogP contribution in [0.2, 0.25) is 0 Å². The summed E-state index contributed by atoms with van der Waals surface area (Å²) in [6, 6.07) is -3.19. The van der Waals surface area contributed by atoms with Gasteiger partial charge in [0.1, 0.15) is 0 Å². The van der Waals surface area contributed by atoms with Gasteiger partial charge in [0.2, 0.25) is 0 Å². The molecule has 7 nitrogen and oxygen atoms in total. The van der Waals surface area contributed by atoms with E-state index in [9.17, 15) is 29.7 Å². The molecular formula is C25H46NO6+. The molecule has 0 radical (unpaired) electrons. The van der Waals surface area contributed by atoms with E-state index in [1.807, 2.05) is 0 Å². The van der Waals surface area contributed by atoms with Crippen LogP contribution in [0.15, 0.2) is 12.2 Å². The van der Waals surface area contributed by atoms with Crippen LogP contribution in [0.1, 0.15) is 105 Å². The van der Waals surface area contributed by atoms with Gasteiger partial charge in [0.25, 0.3) is 0 Å². The summed E-state index contributed by atoms with van der Waals surface area (Å²) in [5, 5.41) is 29.8. The number of rotatable bonds is 20. The van der Waals surface area contributed by atoms with Gasteiger partial charge in [0.05, 0.1) is 6.54 Å². The molecule has 3 unspecified atom stereocenters. The van der Waals surface area contributed by atoms with E-state index in [1.54, 1.807) is 20.8 Å². The highest BCUT2D eigenvalue weighted by Gasteiger charge is 2.55. The molecule has 186 valence electrons. The quantitative estimate of drug-likeness (QED) is 0.127. The van der Waals surface area contributed by atoms with Gasteiger partial charge in [-0.25, -0.2) is 14.4 Å². The summed E-state index contributed by atoms with van der Waals surface area (Å²) in [7, 11) is 0. The second-order valence-corrected chi connectivity index (χ2v) is 8.65. The fraction of sp³-hybridized carbons (Fsp3) is 0.800. The molecule has 0 aromatic rings. The first-order valence-electron chi connectivity index (χ1n) is 12.4. The molecule has 0 aliphatic rings. The third-order valence-corrected chi connectivity index (χ3v) is 6.57. The summed E-state index contributed by atoms with van der Waals surface area (Å²) in [5.74, 6) is -3.36. The van der Waals surface area contributed by atoms with Crippen LogP contribution in [-0.2, 0) is 14.4 Å². The van der Waals surface area contributed by atoms with Gasteiger partial charge in [0.15, 0.2) is 18.1 Å². The highest BCUT2D eigenvalue weighted by Crippen LogP contribution is 2.32. The molecular weight excluding hydrogens is 410 g/mol. The highest BCUT2D eigenvalue weighted by atomic mass is 16.4. The lowest BCUT2D eigenvalue weighted by Crippen LogP contribution is -2.72. The van der Waals surface area contributed by atoms with Crippen LogP contribution < -0.4 is 0 Å². The van der Waals surface area contributed by atoms with Crippen LogP contribution in [0.4, 0.5) is 0 Å². The highest BCUT2D eigenvalue weighted by molar-refractivity contribution is 5.78. The standard InChI is InChI=1S/C25H45NO6/c1-5-9-10-11-12-13-14-15-16-17-18-19-26(20(6-2)23(27)28,21(7-3)24(29)30)22(8-4)25(31)32/h9-10,20-22H,5-8,11-19H2,1-4H3,(H2-,27,28,29,30,31,32)/p+1/b10-9+. The number of carbonyl (C=O) groups is 3. The SMILES string of the molecule is CC/C=C/CCCCCCCCC[N+](C(CC)C(=O)O)(C(CC)C(=O)O)C(CC)C(=O)O. The number of aliphatic carboxylic acids is 3. The molecule has 0 fully saturated rings. The van der Waals surface area contributed by atoms with Crippen LogP contribution in [0, 0.1) is 0 Å². The van der Waals surface area contributed by atoms with Crippen molar-refractivity contribution in [2.24, 2.45) is 0 Å². The molecule has 3 atom stereocenters. The minimum atomic E-state index is -1.12. The normalized spacial score (nSPS) is 16.4. The molecule has 3 N–H and O–H groups in total. The minimum absolute atomic E-state index is 0.190. The first-order valence-corrected chi connectivity index (χ1v) is 12.4. The Morgan fingerprint density at radius 1 is 0.625 bits per heavy atom. The molecule has 0 spiro atoms. The van der Waals surface area contributed by atoms with E-state index in [0.29, 0.717) is 6.42 Å². The summed E-state index contributed by atoms with van der Waals surface area (Å²) >= 11 is 0. The third kappa shape index (κ3) is 8.93. The maximum absolute atomic E-state index is 12.2. The third-order valence-electron chi connectivity index (χ3n) is 6.57. The average molecular weight is 457 g/mol. The largest absolute Gasteiger partial charge is 0.477 e. The van der Waals surface area contributed by atoms with Crippen molar-refractivity contribution in [3.8, 4) is 0 Å². The van der Waals surface area contributed by atoms with Gasteiger partial charge in [-0.1, -0.05) is 65.5 Å². The van der Waals surface area contributed by atoms with E-state index in [4.69, 9.17) is 0 Å². The van der Waals surface area contributed by atoms with Crippen molar-refractivity contribution in [1.82, 2.24) is 0 Å². The molecule has 0 aromatic carbocycles. The van der Waals surface area contributed by atoms with E-state index in [2.05, 4.69) is 19.1 Å². The van der Waals surface area contributed by atoms with Crippen LogP contribution in [0.25, 0.3) is 0 Å². The molecule has 7 heteroatoms. The minimum Gasteiger partial charge on any atom is -0.477 e. The second kappa shape index (κ2) is 16.7. The Balaban J connectivity index is 5.32. The molecule has 0 rings (SSSR count). The van der Waals surface area contributed by atoms with Crippen molar-refractivity contribution in [3.63, 3.8) is 0 Å². The monoisotopic (exact) mass is 456 g/mol. The van der Waals surface area contributed by atoms with Crippen LogP contribution >= 0.6 is 0 Å². The van der Waals surface area contributed by atoms with Gasteiger partial charge in [-0.15, -0.1) is 0 Å². The molecule has 0 heterocycles. The number of quaternary nitrogens is 1. The molecule has 32 heavy (non-hydrogen) atoms. The van der Waals surface area contributed by atoms with Crippen molar-refractivity contribution < 1.29 is 34.2 Å². The number of carboxylic acids is 3. The number of allylic oxidation sites excluding steroid dienone is 2. The topological polar surface area (TPSA) is 112 Å². The molecule has 0 aliphatic carbocycles. The van der Waals surface area contributed by atoms with Crippen LogP contribution in [-0.4, -0.2) is 62.4 Å². The lowest BCUT2D eigenvalue weighted by Gasteiger charge is -2.49. The molecule has 0 saturated heterocycles. The Kier molecular flexibility index (Phi) is 15.7. The Morgan fingerprint density at radius 3 is 1.34 bits per heavy atom. The van der Waals surface area contributed by atoms with Crippen molar-refractivity contribution in [1.29, 1.82) is 0 Å². The van der Waals surface area contributed by atoms with Crippen molar-refractivity contribution in [2.75, 3.05) is 6.54 Å². The lowest BCUT2D eigenvalue weighted by molar-refractivity contribution is -0.973. The van der Waals surface area contributed by atoms with E-state index in [-0.39, 0.29) is 25.8 Å². The Morgan fingerprint density at radius 2 is 1.00 bits per heavy atom. The number of hydrogen-bond donors (Lipinski definition) is 3. The molecule has 0 saturated carbocycles. The number of unbranched alkanes of at least 4 members (excludes halogenated alkanes) is 7. The number of carboxylic acid groups (broad SMARTS) is 3. The lowest BCUT2D eigenvalue weighted by atomic mass is 9.93. The number of nitrogens with zero attached hydrogens (tertiary/aromatic N) is 1. The smallest absolute Gasteiger partial charge is 0.362 e. The maximum Gasteiger partial charge on any atom is 0.362 e. The Hall–Kier alpha value is -1.89. The van der Waals surface area contributed by atoms with Gasteiger partial charge in [0, 0.05) is 19.3 Å². The van der Waals surface area contributed by atoms with E-state index in [1.165, 1.54) is 12.8 Å². The first-order chi connectivity index (χ1) is 15.2. The van der Waals surface area contributed by atoms with Gasteiger partial charge in [-0.05, 0) is 32.1 Å². The molecule has 0 aromatic heterocycles. The first kappa shape index (κ1) is 30.1. The summed E-state index contributed by atoms with van der Waals surface area (Å²) in [6.07, 6.45) is 14.2. The summed E-state index contributed by atoms with van der Waals surface area (Å²) in [6.45, 7) is 7.48. The predicted molar refractivity (Wildman–Crippen MR) is 127 cm³/mol. The van der Waals surface area contributed by atoms with Gasteiger partial charge >= 0.3 is 17.9 Å². The average Bonchev–Trinajstić information content (AvgIpc) is 2.72. The van der Waals surface area contributed by atoms with Crippen LogP contribution in [0.5, 0.6) is 0 Å². The zero-order valence-corrected chi connectivity index (χ0v) is 20.6. The number of hydrogen-bond acceptors (Lipinski definition) is 3. The fourth-order valence-electron chi connectivity index (χ4n) is 5.10. The maximum atomic E-state index is 12.2. The molecule has 0 amide bonds. The van der Waals surface area contributed by atoms with Gasteiger partial charge < -0.3 is 15.3 Å². The fourth-order valence-corrected chi connectivity index (χ4v) is 5.10. The van der Waals surface area contributed by atoms with E-state index >= 15 is 0 Å². The van der Waals surface area contributed by atoms with Gasteiger partial charge in [-0.2, -0.15) is 0 Å². The second-order valence-electron chi connectivity index (χ2n) is 8.65. The van der Waals surface area contributed by atoms with Crippen molar-refractivity contribution in [2.45, 2.75) is 123 Å². The summed E-state index contributed by atoms with van der Waals surface area (Å²) in [4.78, 5) is 36.5. The van der Waals surface area contributed by atoms with Crippen LogP contribution in [0.3, 0.4) is 0 Å². The predicted octanol–water partition coefficient (Wildman–Crippen LogP) is 5.48. The Labute approximate surface area is 194 Å². The molecule has 0 bridgehead atoms. The molecule has 0 aliphatic heterocycles.